The van der Waals surface area contributed by atoms with Gasteiger partial charge in [0.05, 0.1) is 5.56 Å². The number of carboxylic acids is 1. The summed E-state index contributed by atoms with van der Waals surface area (Å²) in [5.74, 6) is -1.23. The summed E-state index contributed by atoms with van der Waals surface area (Å²) in [6.45, 7) is 1.72. The number of halogens is 1. The molecule has 104 valence electrons. The zero-order chi connectivity index (χ0) is 14.7. The number of amides is 1. The zero-order valence-electron chi connectivity index (χ0n) is 10.8. The van der Waals surface area contributed by atoms with Crippen LogP contribution in [0.15, 0.2) is 36.5 Å². The maximum Gasteiger partial charge on any atom is 0.337 e. The number of nitrogens with zero attached hydrogens (tertiary/aromatic N) is 1. The van der Waals surface area contributed by atoms with Crippen molar-refractivity contribution in [2.45, 2.75) is 13.5 Å². The molecular weight excluding hydrogens is 280 g/mol. The number of aromatic nitrogens is 1. The number of hydrogen-bond acceptors (Lipinski definition) is 2. The topological polar surface area (TPSA) is 71.3 Å². The number of carboxylic acid groups (broad SMARTS) is 1. The maximum absolute atomic E-state index is 11.9. The van der Waals surface area contributed by atoms with Gasteiger partial charge in [-0.15, -0.1) is 0 Å². The fourth-order valence-electron chi connectivity index (χ4n) is 1.84. The van der Waals surface area contributed by atoms with Crippen LogP contribution >= 0.6 is 11.6 Å². The van der Waals surface area contributed by atoms with Crippen LogP contribution in [0.3, 0.4) is 0 Å². The summed E-state index contributed by atoms with van der Waals surface area (Å²) >= 11 is 5.76. The van der Waals surface area contributed by atoms with Crippen LogP contribution in [0.5, 0.6) is 0 Å². The zero-order valence-corrected chi connectivity index (χ0v) is 11.5. The Kier molecular flexibility index (Phi) is 4.10. The molecular formula is C14H13ClN2O3. The fourth-order valence-corrected chi connectivity index (χ4v) is 1.96. The first kappa shape index (κ1) is 14.1. The lowest BCUT2D eigenvalue weighted by molar-refractivity contribution is -0.116. The number of aromatic carboxylic acids is 1. The van der Waals surface area contributed by atoms with Crippen LogP contribution in [-0.4, -0.2) is 21.6 Å². The molecule has 2 N–H and O–H groups in total. The van der Waals surface area contributed by atoms with Gasteiger partial charge in [0.1, 0.15) is 6.54 Å². The minimum Gasteiger partial charge on any atom is -0.478 e. The number of anilines is 1. The Labute approximate surface area is 120 Å². The molecule has 1 aromatic heterocycles. The van der Waals surface area contributed by atoms with Crippen molar-refractivity contribution in [1.29, 1.82) is 0 Å². The third-order valence-electron chi connectivity index (χ3n) is 2.91. The highest BCUT2D eigenvalue weighted by molar-refractivity contribution is 6.30. The number of hydrogen-bond donors (Lipinski definition) is 2. The molecule has 5 nitrogen and oxygen atoms in total. The average molecular weight is 293 g/mol. The molecule has 0 spiro atoms. The first-order valence-electron chi connectivity index (χ1n) is 5.92. The summed E-state index contributed by atoms with van der Waals surface area (Å²) in [7, 11) is 0. The van der Waals surface area contributed by atoms with Crippen LogP contribution in [0, 0.1) is 6.92 Å². The molecule has 0 atom stereocenters. The molecule has 0 saturated heterocycles. The first-order valence-corrected chi connectivity index (χ1v) is 6.29. The van der Waals surface area contributed by atoms with Gasteiger partial charge in [-0.1, -0.05) is 11.6 Å². The molecule has 1 heterocycles. The number of benzene rings is 1. The number of rotatable bonds is 4. The smallest absolute Gasteiger partial charge is 0.337 e. The second-order valence-electron chi connectivity index (χ2n) is 4.30. The van der Waals surface area contributed by atoms with Gasteiger partial charge >= 0.3 is 5.97 Å². The number of carbonyl (C=O) groups excluding carboxylic acids is 1. The summed E-state index contributed by atoms with van der Waals surface area (Å²) in [5.41, 5.74) is 1.38. The third kappa shape index (κ3) is 3.19. The second kappa shape index (κ2) is 5.79. The van der Waals surface area contributed by atoms with Crippen LogP contribution in [-0.2, 0) is 11.3 Å². The Morgan fingerprint density at radius 2 is 1.90 bits per heavy atom. The molecule has 0 aliphatic carbocycles. The number of nitrogens with one attached hydrogen (secondary N) is 1. The van der Waals surface area contributed by atoms with Crippen LogP contribution in [0.1, 0.15) is 16.1 Å². The lowest BCUT2D eigenvalue weighted by Gasteiger charge is -2.08. The maximum atomic E-state index is 11.9. The van der Waals surface area contributed by atoms with Gasteiger partial charge in [0, 0.05) is 22.6 Å². The Bertz CT molecular complexity index is 647. The Hall–Kier alpha value is -2.27. The minimum atomic E-state index is -1.00. The van der Waals surface area contributed by atoms with Gasteiger partial charge in [0.2, 0.25) is 5.91 Å². The summed E-state index contributed by atoms with van der Waals surface area (Å²) in [4.78, 5) is 22.8. The van der Waals surface area contributed by atoms with Gasteiger partial charge in [-0.05, 0) is 37.3 Å². The van der Waals surface area contributed by atoms with Crippen molar-refractivity contribution in [3.05, 3.63) is 52.8 Å². The molecule has 0 radical (unpaired) electrons. The van der Waals surface area contributed by atoms with E-state index in [1.165, 1.54) is 6.07 Å². The molecule has 0 bridgehead atoms. The highest BCUT2D eigenvalue weighted by Crippen LogP contribution is 2.14. The SMILES string of the molecule is Cc1c(C(=O)O)ccn1CC(=O)Nc1ccc(Cl)cc1. The molecule has 1 aromatic carbocycles. The molecule has 6 heteroatoms. The fraction of sp³-hybridized carbons (Fsp3) is 0.143. The first-order chi connectivity index (χ1) is 9.47. The van der Waals surface area contributed by atoms with Crippen LogP contribution < -0.4 is 5.32 Å². The predicted molar refractivity (Wildman–Crippen MR) is 76.2 cm³/mol. The van der Waals surface area contributed by atoms with Crippen molar-refractivity contribution in [1.82, 2.24) is 4.57 Å². The molecule has 1 amide bonds. The highest BCUT2D eigenvalue weighted by atomic mass is 35.5. The van der Waals surface area contributed by atoms with Crippen molar-refractivity contribution in [2.24, 2.45) is 0 Å². The van der Waals surface area contributed by atoms with Gasteiger partial charge in [-0.3, -0.25) is 4.79 Å². The van der Waals surface area contributed by atoms with Crippen LogP contribution in [0.25, 0.3) is 0 Å². The summed E-state index contributed by atoms with van der Waals surface area (Å²) in [6.07, 6.45) is 1.58. The Balaban J connectivity index is 2.05. The van der Waals surface area contributed by atoms with E-state index in [4.69, 9.17) is 16.7 Å². The Morgan fingerprint density at radius 1 is 1.25 bits per heavy atom. The second-order valence-corrected chi connectivity index (χ2v) is 4.74. The molecule has 0 aliphatic rings. The quantitative estimate of drug-likeness (QED) is 0.910. The van der Waals surface area contributed by atoms with E-state index in [-0.39, 0.29) is 18.0 Å². The average Bonchev–Trinajstić information content (AvgIpc) is 2.74. The third-order valence-corrected chi connectivity index (χ3v) is 3.17. The standard InChI is InChI=1S/C14H13ClN2O3/c1-9-12(14(19)20)6-7-17(9)8-13(18)16-11-4-2-10(15)3-5-11/h2-7H,8H2,1H3,(H,16,18)(H,19,20). The van der Waals surface area contributed by atoms with E-state index in [1.54, 1.807) is 42.0 Å². The van der Waals surface area contributed by atoms with Crippen molar-refractivity contribution < 1.29 is 14.7 Å². The molecule has 2 aromatic rings. The molecule has 0 fully saturated rings. The Morgan fingerprint density at radius 3 is 2.45 bits per heavy atom. The van der Waals surface area contributed by atoms with Crippen LogP contribution in [0.4, 0.5) is 5.69 Å². The van der Waals surface area contributed by atoms with Gasteiger partial charge in [0.25, 0.3) is 0 Å². The molecule has 0 unspecified atom stereocenters. The molecule has 0 aliphatic heterocycles. The van der Waals surface area contributed by atoms with E-state index < -0.39 is 5.97 Å². The lowest BCUT2D eigenvalue weighted by atomic mass is 10.2. The van der Waals surface area contributed by atoms with Crippen molar-refractivity contribution in [2.75, 3.05) is 5.32 Å². The van der Waals surface area contributed by atoms with Gasteiger partial charge < -0.3 is 15.0 Å². The highest BCUT2D eigenvalue weighted by Gasteiger charge is 2.13. The summed E-state index contributed by atoms with van der Waals surface area (Å²) in [5, 5.41) is 12.3. The summed E-state index contributed by atoms with van der Waals surface area (Å²) in [6, 6.07) is 8.24. The van der Waals surface area contributed by atoms with Gasteiger partial charge in [0.15, 0.2) is 0 Å². The van der Waals surface area contributed by atoms with E-state index in [9.17, 15) is 9.59 Å². The number of carbonyl (C=O) groups is 2. The summed E-state index contributed by atoms with van der Waals surface area (Å²) < 4.78 is 1.59. The van der Waals surface area contributed by atoms with Crippen LogP contribution in [0.2, 0.25) is 5.02 Å². The van der Waals surface area contributed by atoms with E-state index in [0.717, 1.165) is 0 Å². The monoisotopic (exact) mass is 292 g/mol. The van der Waals surface area contributed by atoms with Crippen molar-refractivity contribution in [3.63, 3.8) is 0 Å². The minimum absolute atomic E-state index is 0.0573. The van der Waals surface area contributed by atoms with Gasteiger partial charge in [-0.25, -0.2) is 4.79 Å². The van der Waals surface area contributed by atoms with E-state index >= 15 is 0 Å². The molecule has 20 heavy (non-hydrogen) atoms. The van der Waals surface area contributed by atoms with E-state index in [0.29, 0.717) is 16.4 Å². The predicted octanol–water partition coefficient (Wildman–Crippen LogP) is 2.79. The lowest BCUT2D eigenvalue weighted by Crippen LogP contribution is -2.19. The normalized spacial score (nSPS) is 10.3. The van der Waals surface area contributed by atoms with E-state index in [2.05, 4.69) is 5.32 Å². The molecule has 0 saturated carbocycles. The van der Waals surface area contributed by atoms with Crippen molar-refractivity contribution >= 4 is 29.2 Å². The van der Waals surface area contributed by atoms with Gasteiger partial charge in [-0.2, -0.15) is 0 Å². The van der Waals surface area contributed by atoms with Crippen molar-refractivity contribution in [3.8, 4) is 0 Å². The molecule has 2 rings (SSSR count). The largest absolute Gasteiger partial charge is 0.478 e. The van der Waals surface area contributed by atoms with E-state index in [1.807, 2.05) is 0 Å².